The highest BCUT2D eigenvalue weighted by Crippen LogP contribution is 2.07. The number of amides is 1. The van der Waals surface area contributed by atoms with Crippen molar-refractivity contribution in [1.82, 2.24) is 15.3 Å². The summed E-state index contributed by atoms with van der Waals surface area (Å²) >= 11 is 0. The van der Waals surface area contributed by atoms with Crippen LogP contribution in [0.2, 0.25) is 0 Å². The third-order valence-corrected chi connectivity index (χ3v) is 4.02. The highest BCUT2D eigenvalue weighted by molar-refractivity contribution is 5.93. The lowest BCUT2D eigenvalue weighted by Gasteiger charge is -2.08. The lowest BCUT2D eigenvalue weighted by atomic mass is 10.1. The molecule has 132 valence electrons. The van der Waals surface area contributed by atoms with Gasteiger partial charge in [0.25, 0.3) is 5.91 Å². The maximum absolute atomic E-state index is 12.2. The van der Waals surface area contributed by atoms with Crippen molar-refractivity contribution in [3.8, 4) is 0 Å². The van der Waals surface area contributed by atoms with Crippen molar-refractivity contribution in [3.05, 3.63) is 89.9 Å². The predicted octanol–water partition coefficient (Wildman–Crippen LogP) is 3.45. The highest BCUT2D eigenvalue weighted by atomic mass is 16.1. The van der Waals surface area contributed by atoms with E-state index in [0.29, 0.717) is 12.1 Å². The van der Waals surface area contributed by atoms with Crippen LogP contribution in [0.3, 0.4) is 0 Å². The molecule has 26 heavy (non-hydrogen) atoms. The minimum absolute atomic E-state index is 0.134. The van der Waals surface area contributed by atoms with Crippen LogP contribution in [0.25, 0.3) is 0 Å². The van der Waals surface area contributed by atoms with Crippen LogP contribution in [0.5, 0.6) is 0 Å². The topological polar surface area (TPSA) is 66.9 Å². The molecular weight excluding hydrogens is 324 g/mol. The maximum atomic E-state index is 12.2. The Bertz CT molecular complexity index is 804. The van der Waals surface area contributed by atoms with Crippen molar-refractivity contribution in [3.63, 3.8) is 0 Å². The van der Waals surface area contributed by atoms with Crippen LogP contribution in [0.15, 0.2) is 73.2 Å². The molecule has 2 N–H and O–H groups in total. The van der Waals surface area contributed by atoms with Gasteiger partial charge < -0.3 is 10.6 Å². The van der Waals surface area contributed by atoms with Gasteiger partial charge in [-0.2, -0.15) is 0 Å². The number of pyridine rings is 2. The monoisotopic (exact) mass is 346 g/mol. The van der Waals surface area contributed by atoms with Crippen molar-refractivity contribution >= 4 is 11.7 Å². The summed E-state index contributed by atoms with van der Waals surface area (Å²) in [5.74, 6) is 0.647. The number of benzene rings is 1. The first-order chi connectivity index (χ1) is 12.8. The van der Waals surface area contributed by atoms with Crippen LogP contribution in [0, 0.1) is 0 Å². The van der Waals surface area contributed by atoms with Crippen LogP contribution < -0.4 is 10.6 Å². The number of hydrogen-bond donors (Lipinski definition) is 2. The largest absolute Gasteiger partial charge is 0.370 e. The number of nitrogens with zero attached hydrogens (tertiary/aromatic N) is 2. The number of carbonyl (C=O) groups is 1. The third kappa shape index (κ3) is 5.41. The molecule has 1 amide bonds. The van der Waals surface area contributed by atoms with Gasteiger partial charge in [-0.25, -0.2) is 4.98 Å². The van der Waals surface area contributed by atoms with E-state index in [1.54, 1.807) is 24.7 Å². The Morgan fingerprint density at radius 1 is 0.923 bits per heavy atom. The van der Waals surface area contributed by atoms with E-state index in [-0.39, 0.29) is 5.91 Å². The summed E-state index contributed by atoms with van der Waals surface area (Å²) in [6.45, 7) is 1.32. The molecule has 2 heterocycles. The Labute approximate surface area is 153 Å². The van der Waals surface area contributed by atoms with Gasteiger partial charge in [0.05, 0.1) is 5.56 Å². The van der Waals surface area contributed by atoms with Crippen LogP contribution in [-0.2, 0) is 13.0 Å². The summed E-state index contributed by atoms with van der Waals surface area (Å²) in [5, 5.41) is 6.17. The van der Waals surface area contributed by atoms with Crippen LogP contribution in [0.1, 0.15) is 27.9 Å². The first-order valence-electron chi connectivity index (χ1n) is 8.72. The Balaban J connectivity index is 1.42. The number of anilines is 1. The zero-order valence-electron chi connectivity index (χ0n) is 14.6. The summed E-state index contributed by atoms with van der Waals surface area (Å²) in [6.07, 6.45) is 7.08. The van der Waals surface area contributed by atoms with Gasteiger partial charge in [-0.15, -0.1) is 0 Å². The minimum atomic E-state index is -0.134. The van der Waals surface area contributed by atoms with Gasteiger partial charge in [0.15, 0.2) is 0 Å². The molecule has 0 atom stereocenters. The van der Waals surface area contributed by atoms with Gasteiger partial charge in [-0.1, -0.05) is 30.3 Å². The summed E-state index contributed by atoms with van der Waals surface area (Å²) in [6, 6.07) is 17.8. The fraction of sp³-hybridized carbons (Fsp3) is 0.190. The first-order valence-corrected chi connectivity index (χ1v) is 8.72. The van der Waals surface area contributed by atoms with Crippen molar-refractivity contribution in [2.24, 2.45) is 0 Å². The number of rotatable bonds is 8. The molecule has 0 bridgehead atoms. The lowest BCUT2D eigenvalue weighted by Crippen LogP contribution is -2.23. The molecule has 0 fully saturated rings. The number of hydrogen-bond acceptors (Lipinski definition) is 4. The zero-order chi connectivity index (χ0) is 18.0. The fourth-order valence-electron chi connectivity index (χ4n) is 2.57. The normalized spacial score (nSPS) is 10.3. The number of aryl methyl sites for hydroxylation is 1. The number of carbonyl (C=O) groups excluding carboxylic acids is 1. The summed E-state index contributed by atoms with van der Waals surface area (Å²) in [7, 11) is 0. The molecule has 0 saturated heterocycles. The SMILES string of the molecule is O=C(NCc1ccncc1)c1ccc(NCCCc2ccccc2)nc1. The molecule has 2 aromatic heterocycles. The van der Waals surface area contributed by atoms with Gasteiger partial charge in [0, 0.05) is 31.7 Å². The number of nitrogens with one attached hydrogen (secondary N) is 2. The van der Waals surface area contributed by atoms with Crippen molar-refractivity contribution in [1.29, 1.82) is 0 Å². The molecule has 5 heteroatoms. The second-order valence-electron chi connectivity index (χ2n) is 5.99. The molecular formula is C21H22N4O. The second kappa shape index (κ2) is 9.32. The van der Waals surface area contributed by atoms with E-state index >= 15 is 0 Å². The van der Waals surface area contributed by atoms with E-state index in [4.69, 9.17) is 0 Å². The Morgan fingerprint density at radius 2 is 1.73 bits per heavy atom. The van der Waals surface area contributed by atoms with Gasteiger partial charge in [-0.3, -0.25) is 9.78 Å². The molecule has 0 unspecified atom stereocenters. The van der Waals surface area contributed by atoms with Crippen molar-refractivity contribution in [2.75, 3.05) is 11.9 Å². The van der Waals surface area contributed by atoms with Gasteiger partial charge in [-0.05, 0) is 48.2 Å². The van der Waals surface area contributed by atoms with E-state index in [0.717, 1.165) is 30.8 Å². The van der Waals surface area contributed by atoms with Gasteiger partial charge in [0.2, 0.25) is 0 Å². The van der Waals surface area contributed by atoms with Crippen LogP contribution in [0.4, 0.5) is 5.82 Å². The Morgan fingerprint density at radius 3 is 2.46 bits per heavy atom. The van der Waals surface area contributed by atoms with E-state index < -0.39 is 0 Å². The van der Waals surface area contributed by atoms with E-state index in [9.17, 15) is 4.79 Å². The standard InChI is InChI=1S/C21H22N4O/c26-21(25-15-18-10-13-22-14-11-18)19-8-9-20(24-16-19)23-12-4-7-17-5-2-1-3-6-17/h1-3,5-6,8-11,13-14,16H,4,7,12,15H2,(H,23,24)(H,25,26). The smallest absolute Gasteiger partial charge is 0.253 e. The fourth-order valence-corrected chi connectivity index (χ4v) is 2.57. The second-order valence-corrected chi connectivity index (χ2v) is 5.99. The average Bonchev–Trinajstić information content (AvgIpc) is 2.71. The van der Waals surface area contributed by atoms with Gasteiger partial charge >= 0.3 is 0 Å². The van der Waals surface area contributed by atoms with E-state index in [1.165, 1.54) is 5.56 Å². The zero-order valence-corrected chi connectivity index (χ0v) is 14.6. The van der Waals surface area contributed by atoms with E-state index in [2.05, 4.69) is 44.9 Å². The highest BCUT2D eigenvalue weighted by Gasteiger charge is 2.06. The Hall–Kier alpha value is -3.21. The first kappa shape index (κ1) is 17.6. The summed E-state index contributed by atoms with van der Waals surface area (Å²) in [5.41, 5.74) is 2.90. The van der Waals surface area contributed by atoms with E-state index in [1.807, 2.05) is 24.3 Å². The Kier molecular flexibility index (Phi) is 6.31. The molecule has 5 nitrogen and oxygen atoms in total. The maximum Gasteiger partial charge on any atom is 0.253 e. The minimum Gasteiger partial charge on any atom is -0.370 e. The molecule has 1 aromatic carbocycles. The molecule has 0 aliphatic heterocycles. The molecule has 0 spiro atoms. The molecule has 0 aliphatic rings. The average molecular weight is 346 g/mol. The molecule has 3 aromatic rings. The van der Waals surface area contributed by atoms with Crippen LogP contribution >= 0.6 is 0 Å². The van der Waals surface area contributed by atoms with Gasteiger partial charge in [0.1, 0.15) is 5.82 Å². The molecule has 0 aliphatic carbocycles. The van der Waals surface area contributed by atoms with Crippen molar-refractivity contribution < 1.29 is 4.79 Å². The van der Waals surface area contributed by atoms with Crippen LogP contribution in [-0.4, -0.2) is 22.4 Å². The summed E-state index contributed by atoms with van der Waals surface area (Å²) in [4.78, 5) is 20.4. The molecule has 0 radical (unpaired) electrons. The third-order valence-electron chi connectivity index (χ3n) is 4.02. The quantitative estimate of drug-likeness (QED) is 0.613. The summed E-state index contributed by atoms with van der Waals surface area (Å²) < 4.78 is 0. The number of aromatic nitrogens is 2. The predicted molar refractivity (Wildman–Crippen MR) is 103 cm³/mol. The molecule has 3 rings (SSSR count). The van der Waals surface area contributed by atoms with Crippen molar-refractivity contribution in [2.45, 2.75) is 19.4 Å². The lowest BCUT2D eigenvalue weighted by molar-refractivity contribution is 0.0950. The molecule has 0 saturated carbocycles.